The van der Waals surface area contributed by atoms with Crippen LogP contribution in [0, 0.1) is 0 Å². The second-order valence-electron chi connectivity index (χ2n) is 3.06. The minimum Gasteiger partial charge on any atom is -0.394 e. The highest BCUT2D eigenvalue weighted by Gasteiger charge is 2.09. The van der Waals surface area contributed by atoms with Gasteiger partial charge in [0.25, 0.3) is 0 Å². The van der Waals surface area contributed by atoms with Crippen LogP contribution in [0.5, 0.6) is 0 Å². The molecule has 2 aromatic rings. The Labute approximate surface area is 91.4 Å². The van der Waals surface area contributed by atoms with Crippen LogP contribution in [0.25, 0.3) is 0 Å². The lowest BCUT2D eigenvalue weighted by Crippen LogP contribution is -2.09. The van der Waals surface area contributed by atoms with Gasteiger partial charge in [0.15, 0.2) is 5.82 Å². The molecule has 0 aliphatic heterocycles. The molecule has 0 aliphatic carbocycles. The summed E-state index contributed by atoms with van der Waals surface area (Å²) in [5.41, 5.74) is 6.26. The number of rotatable bonds is 3. The number of hydrogen-bond donors (Lipinski definition) is 2. The maximum absolute atomic E-state index is 5.72. The van der Waals surface area contributed by atoms with Crippen molar-refractivity contribution in [2.75, 3.05) is 11.1 Å². The first-order valence-corrected chi connectivity index (χ1v) is 5.36. The highest BCUT2D eigenvalue weighted by Crippen LogP contribution is 2.22. The molecule has 78 valence electrons. The summed E-state index contributed by atoms with van der Waals surface area (Å²) in [6, 6.07) is 0.0993. The van der Waals surface area contributed by atoms with Gasteiger partial charge in [-0.25, -0.2) is 15.0 Å². The zero-order valence-electron chi connectivity index (χ0n) is 8.21. The number of hydrogen-bond acceptors (Lipinski definition) is 6. The third-order valence-corrected chi connectivity index (χ3v) is 2.87. The summed E-state index contributed by atoms with van der Waals surface area (Å²) in [6.07, 6.45) is 4.82. The van der Waals surface area contributed by atoms with E-state index in [1.807, 2.05) is 12.3 Å². The van der Waals surface area contributed by atoms with E-state index in [0.717, 1.165) is 5.01 Å². The van der Waals surface area contributed by atoms with Crippen LogP contribution < -0.4 is 11.1 Å². The SMILES string of the molecule is CC(Nc1ncncc1N)c1nccs1. The summed E-state index contributed by atoms with van der Waals surface area (Å²) >= 11 is 1.60. The normalized spacial score (nSPS) is 12.3. The van der Waals surface area contributed by atoms with E-state index < -0.39 is 0 Å². The lowest BCUT2D eigenvalue weighted by molar-refractivity contribution is 0.859. The van der Waals surface area contributed by atoms with Crippen LogP contribution in [0.1, 0.15) is 18.0 Å². The standard InChI is InChI=1S/C9H11N5S/c1-6(9-12-2-3-15-9)14-8-7(10)4-11-5-13-8/h2-6H,10H2,1H3,(H,11,13,14). The molecule has 1 unspecified atom stereocenters. The van der Waals surface area contributed by atoms with Gasteiger partial charge >= 0.3 is 0 Å². The van der Waals surface area contributed by atoms with Gasteiger partial charge in [-0.05, 0) is 6.92 Å². The first-order valence-electron chi connectivity index (χ1n) is 4.49. The van der Waals surface area contributed by atoms with Gasteiger partial charge in [0.2, 0.25) is 0 Å². The molecule has 6 heteroatoms. The highest BCUT2D eigenvalue weighted by atomic mass is 32.1. The molecule has 0 radical (unpaired) electrons. The topological polar surface area (TPSA) is 76.7 Å². The molecule has 2 aromatic heterocycles. The third-order valence-electron chi connectivity index (χ3n) is 1.92. The Bertz CT molecular complexity index is 428. The molecular weight excluding hydrogens is 210 g/mol. The average molecular weight is 221 g/mol. The molecule has 0 aliphatic rings. The molecule has 2 heterocycles. The molecule has 0 aromatic carbocycles. The molecule has 2 rings (SSSR count). The maximum Gasteiger partial charge on any atom is 0.153 e. The number of nitrogens with zero attached hydrogens (tertiary/aromatic N) is 3. The fourth-order valence-electron chi connectivity index (χ4n) is 1.18. The van der Waals surface area contributed by atoms with Crippen LogP contribution in [-0.4, -0.2) is 15.0 Å². The summed E-state index contributed by atoms with van der Waals surface area (Å²) in [4.78, 5) is 12.1. The monoisotopic (exact) mass is 221 g/mol. The number of nitrogen functional groups attached to an aromatic ring is 1. The van der Waals surface area contributed by atoms with Gasteiger partial charge in [-0.15, -0.1) is 11.3 Å². The van der Waals surface area contributed by atoms with Crippen molar-refractivity contribution in [2.45, 2.75) is 13.0 Å². The van der Waals surface area contributed by atoms with Crippen LogP contribution >= 0.6 is 11.3 Å². The first kappa shape index (κ1) is 9.85. The smallest absolute Gasteiger partial charge is 0.153 e. The van der Waals surface area contributed by atoms with Crippen molar-refractivity contribution in [2.24, 2.45) is 0 Å². The van der Waals surface area contributed by atoms with Crippen LogP contribution in [0.4, 0.5) is 11.5 Å². The van der Waals surface area contributed by atoms with E-state index >= 15 is 0 Å². The quantitative estimate of drug-likeness (QED) is 0.824. The fraction of sp³-hybridized carbons (Fsp3) is 0.222. The van der Waals surface area contributed by atoms with E-state index in [1.165, 1.54) is 6.33 Å². The molecule has 0 spiro atoms. The van der Waals surface area contributed by atoms with Crippen LogP contribution in [0.2, 0.25) is 0 Å². The van der Waals surface area contributed by atoms with Gasteiger partial charge < -0.3 is 11.1 Å². The van der Waals surface area contributed by atoms with Crippen LogP contribution in [-0.2, 0) is 0 Å². The number of anilines is 2. The summed E-state index contributed by atoms with van der Waals surface area (Å²) in [6.45, 7) is 2.01. The van der Waals surface area contributed by atoms with Gasteiger partial charge in [0, 0.05) is 11.6 Å². The Morgan fingerprint density at radius 2 is 2.33 bits per heavy atom. The molecule has 3 N–H and O–H groups in total. The van der Waals surface area contributed by atoms with Crippen molar-refractivity contribution in [3.05, 3.63) is 29.1 Å². The van der Waals surface area contributed by atoms with E-state index in [9.17, 15) is 0 Å². The maximum atomic E-state index is 5.72. The van der Waals surface area contributed by atoms with Crippen molar-refractivity contribution in [1.82, 2.24) is 15.0 Å². The predicted molar refractivity (Wildman–Crippen MR) is 60.6 cm³/mol. The molecule has 15 heavy (non-hydrogen) atoms. The fourth-order valence-corrected chi connectivity index (χ4v) is 1.82. The van der Waals surface area contributed by atoms with E-state index in [-0.39, 0.29) is 6.04 Å². The van der Waals surface area contributed by atoms with Crippen molar-refractivity contribution in [3.8, 4) is 0 Å². The Kier molecular flexibility index (Phi) is 2.77. The van der Waals surface area contributed by atoms with Crippen molar-refractivity contribution < 1.29 is 0 Å². The largest absolute Gasteiger partial charge is 0.394 e. The molecule has 1 atom stereocenters. The second kappa shape index (κ2) is 4.22. The zero-order chi connectivity index (χ0) is 10.7. The van der Waals surface area contributed by atoms with Crippen molar-refractivity contribution in [3.63, 3.8) is 0 Å². The van der Waals surface area contributed by atoms with Crippen molar-refractivity contribution in [1.29, 1.82) is 0 Å². The van der Waals surface area contributed by atoms with Crippen LogP contribution in [0.15, 0.2) is 24.1 Å². The number of thiazole rings is 1. The third kappa shape index (κ3) is 2.21. The first-order chi connectivity index (χ1) is 7.27. The highest BCUT2D eigenvalue weighted by molar-refractivity contribution is 7.09. The van der Waals surface area contributed by atoms with E-state index in [1.54, 1.807) is 23.7 Å². The summed E-state index contributed by atoms with van der Waals surface area (Å²) in [5.74, 6) is 0.646. The Balaban J connectivity index is 2.13. The molecule has 0 saturated carbocycles. The molecule has 0 fully saturated rings. The molecule has 0 bridgehead atoms. The minimum absolute atomic E-state index is 0.0993. The zero-order valence-corrected chi connectivity index (χ0v) is 9.03. The molecule has 5 nitrogen and oxygen atoms in total. The van der Waals surface area contributed by atoms with Gasteiger partial charge in [-0.3, -0.25) is 0 Å². The summed E-state index contributed by atoms with van der Waals surface area (Å²) in [5, 5.41) is 6.13. The summed E-state index contributed by atoms with van der Waals surface area (Å²) in [7, 11) is 0. The van der Waals surface area contributed by atoms with Gasteiger partial charge in [0.1, 0.15) is 11.3 Å². The van der Waals surface area contributed by atoms with Crippen LogP contribution in [0.3, 0.4) is 0 Å². The second-order valence-corrected chi connectivity index (χ2v) is 3.99. The van der Waals surface area contributed by atoms with E-state index in [0.29, 0.717) is 11.5 Å². The van der Waals surface area contributed by atoms with Gasteiger partial charge in [-0.1, -0.05) is 0 Å². The number of nitrogens with one attached hydrogen (secondary N) is 1. The lowest BCUT2D eigenvalue weighted by atomic mass is 10.3. The molecular formula is C9H11N5S. The number of nitrogens with two attached hydrogens (primary N) is 1. The number of aromatic nitrogens is 3. The van der Waals surface area contributed by atoms with Gasteiger partial charge in [-0.2, -0.15) is 0 Å². The van der Waals surface area contributed by atoms with Gasteiger partial charge in [0.05, 0.1) is 17.9 Å². The average Bonchev–Trinajstić information content (AvgIpc) is 2.74. The molecule has 0 amide bonds. The Morgan fingerprint density at radius 3 is 3.00 bits per heavy atom. The molecule has 0 saturated heterocycles. The predicted octanol–water partition coefficient (Wildman–Crippen LogP) is 1.69. The minimum atomic E-state index is 0.0993. The Hall–Kier alpha value is -1.69. The summed E-state index contributed by atoms with van der Waals surface area (Å²) < 4.78 is 0. The Morgan fingerprint density at radius 1 is 1.47 bits per heavy atom. The van der Waals surface area contributed by atoms with E-state index in [4.69, 9.17) is 5.73 Å². The van der Waals surface area contributed by atoms with E-state index in [2.05, 4.69) is 20.3 Å². The lowest BCUT2D eigenvalue weighted by Gasteiger charge is -2.12. The van der Waals surface area contributed by atoms with Crippen molar-refractivity contribution >= 4 is 22.8 Å².